The van der Waals surface area contributed by atoms with Crippen LogP contribution in [0.2, 0.25) is 0 Å². The quantitative estimate of drug-likeness (QED) is 0.114. The Hall–Kier alpha value is -2.89. The lowest BCUT2D eigenvalue weighted by Gasteiger charge is -2.28. The maximum atomic E-state index is 12.6. The van der Waals surface area contributed by atoms with Crippen LogP contribution in [0.25, 0.3) is 0 Å². The van der Waals surface area contributed by atoms with Gasteiger partial charge in [0, 0.05) is 13.1 Å². The summed E-state index contributed by atoms with van der Waals surface area (Å²) in [6.45, 7) is 4.10. The Kier molecular flexibility index (Phi) is 10.7. The van der Waals surface area contributed by atoms with Crippen LogP contribution < -0.4 is 27.8 Å². The minimum Gasteiger partial charge on any atom is -0.480 e. The molecule has 12 heteroatoms. The van der Waals surface area contributed by atoms with Crippen molar-refractivity contribution in [2.45, 2.75) is 64.1 Å². The van der Waals surface area contributed by atoms with E-state index in [0.717, 1.165) is 6.42 Å². The molecule has 0 aromatic rings. The number of likely N-dealkylation sites (tertiary alicyclic amines) is 1. The van der Waals surface area contributed by atoms with Gasteiger partial charge in [0.05, 0.1) is 12.6 Å². The molecule has 12 nitrogen and oxygen atoms in total. The van der Waals surface area contributed by atoms with E-state index in [1.54, 1.807) is 0 Å². The summed E-state index contributed by atoms with van der Waals surface area (Å²) >= 11 is 0. The van der Waals surface area contributed by atoms with E-state index in [1.165, 1.54) is 4.90 Å². The highest BCUT2D eigenvalue weighted by atomic mass is 16.4. The van der Waals surface area contributed by atoms with E-state index in [-0.39, 0.29) is 30.8 Å². The van der Waals surface area contributed by atoms with Gasteiger partial charge in [-0.15, -0.1) is 0 Å². The Morgan fingerprint density at radius 2 is 1.94 bits per heavy atom. The average Bonchev–Trinajstić information content (AvgIpc) is 3.22. The summed E-state index contributed by atoms with van der Waals surface area (Å²) in [4.78, 5) is 53.8. The number of nitrogens with two attached hydrogens (primary N) is 3. The van der Waals surface area contributed by atoms with Crippen LogP contribution in [0.4, 0.5) is 0 Å². The van der Waals surface area contributed by atoms with Crippen molar-refractivity contribution in [2.75, 3.05) is 19.6 Å². The smallest absolute Gasteiger partial charge is 0.326 e. The van der Waals surface area contributed by atoms with Gasteiger partial charge >= 0.3 is 5.97 Å². The van der Waals surface area contributed by atoms with Gasteiger partial charge in [0.1, 0.15) is 12.1 Å². The first kappa shape index (κ1) is 26.1. The number of carbonyl (C=O) groups is 4. The second-order valence-corrected chi connectivity index (χ2v) is 7.73. The molecule has 0 bridgehead atoms. The molecule has 1 aliphatic heterocycles. The largest absolute Gasteiger partial charge is 0.480 e. The van der Waals surface area contributed by atoms with Gasteiger partial charge in [0.25, 0.3) is 0 Å². The van der Waals surface area contributed by atoms with E-state index < -0.39 is 42.5 Å². The molecule has 0 aromatic carbocycles. The number of hydrogen-bond donors (Lipinski definition) is 6. The molecule has 31 heavy (non-hydrogen) atoms. The molecule has 0 aliphatic carbocycles. The number of hydrogen-bond acceptors (Lipinski definition) is 6. The number of amides is 3. The first-order chi connectivity index (χ1) is 14.6. The first-order valence-corrected chi connectivity index (χ1v) is 10.5. The molecule has 1 heterocycles. The Morgan fingerprint density at radius 1 is 1.26 bits per heavy atom. The number of carboxylic acid groups (broad SMARTS) is 1. The number of guanidine groups is 1. The SMILES string of the molecule is CCC(C)C(N)C(=O)N1CCCC1C(=O)NCC(=O)NC(CCCN=C(N)N)C(=O)O. The van der Waals surface area contributed by atoms with Crippen molar-refractivity contribution in [3.63, 3.8) is 0 Å². The highest BCUT2D eigenvalue weighted by molar-refractivity contribution is 5.93. The third kappa shape index (κ3) is 8.40. The lowest BCUT2D eigenvalue weighted by atomic mass is 9.98. The third-order valence-corrected chi connectivity index (χ3v) is 5.38. The number of rotatable bonds is 12. The topological polar surface area (TPSA) is 206 Å². The molecular formula is C19H35N7O5. The monoisotopic (exact) mass is 441 g/mol. The van der Waals surface area contributed by atoms with Gasteiger partial charge in [-0.25, -0.2) is 4.79 Å². The summed E-state index contributed by atoms with van der Waals surface area (Å²) in [5.74, 6) is -2.68. The molecule has 1 aliphatic rings. The van der Waals surface area contributed by atoms with E-state index in [2.05, 4.69) is 15.6 Å². The van der Waals surface area contributed by atoms with E-state index in [0.29, 0.717) is 25.8 Å². The van der Waals surface area contributed by atoms with Crippen molar-refractivity contribution in [2.24, 2.45) is 28.1 Å². The number of carbonyl (C=O) groups excluding carboxylic acids is 3. The maximum Gasteiger partial charge on any atom is 0.326 e. The van der Waals surface area contributed by atoms with Gasteiger partial charge in [0.15, 0.2) is 5.96 Å². The van der Waals surface area contributed by atoms with Crippen molar-refractivity contribution < 1.29 is 24.3 Å². The summed E-state index contributed by atoms with van der Waals surface area (Å²) in [6.07, 6.45) is 2.38. The third-order valence-electron chi connectivity index (χ3n) is 5.38. The van der Waals surface area contributed by atoms with Crippen LogP contribution in [0, 0.1) is 5.92 Å². The van der Waals surface area contributed by atoms with E-state index >= 15 is 0 Å². The minimum atomic E-state index is -1.20. The number of aliphatic carboxylic acids is 1. The van der Waals surface area contributed by atoms with Gasteiger partial charge in [-0.3, -0.25) is 19.4 Å². The standard InChI is InChI=1S/C19H35N7O5/c1-3-11(2)15(20)17(29)26-9-5-7-13(26)16(28)24-10-14(27)25-12(18(30)31)6-4-8-23-19(21)22/h11-13,15H,3-10,20H2,1-2H3,(H,24,28)(H,25,27)(H,30,31)(H4,21,22,23). The van der Waals surface area contributed by atoms with Gasteiger partial charge in [-0.05, 0) is 31.6 Å². The summed E-state index contributed by atoms with van der Waals surface area (Å²) in [6, 6.07) is -2.50. The molecule has 0 radical (unpaired) electrons. The van der Waals surface area contributed by atoms with Crippen LogP contribution in [0.5, 0.6) is 0 Å². The molecule has 3 amide bonds. The zero-order valence-corrected chi connectivity index (χ0v) is 18.2. The van der Waals surface area contributed by atoms with Gasteiger partial charge in [-0.1, -0.05) is 20.3 Å². The fraction of sp³-hybridized carbons (Fsp3) is 0.737. The van der Waals surface area contributed by atoms with Crippen molar-refractivity contribution in [3.05, 3.63) is 0 Å². The average molecular weight is 442 g/mol. The fourth-order valence-electron chi connectivity index (χ4n) is 3.28. The molecule has 0 saturated carbocycles. The number of nitrogens with zero attached hydrogens (tertiary/aromatic N) is 2. The lowest BCUT2D eigenvalue weighted by molar-refractivity contribution is -0.142. The van der Waals surface area contributed by atoms with Crippen molar-refractivity contribution in [3.8, 4) is 0 Å². The Morgan fingerprint density at radius 3 is 2.52 bits per heavy atom. The maximum absolute atomic E-state index is 12.6. The van der Waals surface area contributed by atoms with Crippen molar-refractivity contribution in [1.82, 2.24) is 15.5 Å². The van der Waals surface area contributed by atoms with E-state index in [1.807, 2.05) is 13.8 Å². The Labute approximate surface area is 182 Å². The number of nitrogens with one attached hydrogen (secondary N) is 2. The molecule has 176 valence electrons. The molecular weight excluding hydrogens is 406 g/mol. The summed E-state index contributed by atoms with van der Waals surface area (Å²) < 4.78 is 0. The van der Waals surface area contributed by atoms with E-state index in [4.69, 9.17) is 17.2 Å². The van der Waals surface area contributed by atoms with Crippen LogP contribution in [0.3, 0.4) is 0 Å². The number of carboxylic acids is 1. The van der Waals surface area contributed by atoms with Crippen LogP contribution in [-0.2, 0) is 19.2 Å². The fourth-order valence-corrected chi connectivity index (χ4v) is 3.28. The van der Waals surface area contributed by atoms with Gasteiger partial charge < -0.3 is 37.8 Å². The molecule has 0 spiro atoms. The van der Waals surface area contributed by atoms with Crippen LogP contribution in [-0.4, -0.2) is 77.4 Å². The Bertz CT molecular complexity index is 681. The molecule has 1 fully saturated rings. The zero-order chi connectivity index (χ0) is 23.6. The molecule has 1 rings (SSSR count). The molecule has 9 N–H and O–H groups in total. The van der Waals surface area contributed by atoms with E-state index in [9.17, 15) is 24.3 Å². The predicted molar refractivity (Wildman–Crippen MR) is 115 cm³/mol. The Balaban J connectivity index is 2.55. The molecule has 4 atom stereocenters. The number of aliphatic imine (C=N–C) groups is 1. The molecule has 4 unspecified atom stereocenters. The predicted octanol–water partition coefficient (Wildman–Crippen LogP) is -1.91. The molecule has 0 aromatic heterocycles. The second-order valence-electron chi connectivity index (χ2n) is 7.73. The second kappa shape index (κ2) is 12.7. The highest BCUT2D eigenvalue weighted by Gasteiger charge is 2.37. The van der Waals surface area contributed by atoms with Gasteiger partial charge in [0.2, 0.25) is 17.7 Å². The summed E-state index contributed by atoms with van der Waals surface area (Å²) in [7, 11) is 0. The van der Waals surface area contributed by atoms with Crippen molar-refractivity contribution in [1.29, 1.82) is 0 Å². The summed E-state index contributed by atoms with van der Waals surface area (Å²) in [5.41, 5.74) is 16.4. The van der Waals surface area contributed by atoms with Crippen LogP contribution in [0.1, 0.15) is 46.0 Å². The normalized spacial score (nSPS) is 18.5. The summed E-state index contributed by atoms with van der Waals surface area (Å²) in [5, 5.41) is 14.1. The van der Waals surface area contributed by atoms with Crippen molar-refractivity contribution >= 4 is 29.7 Å². The first-order valence-electron chi connectivity index (χ1n) is 10.5. The van der Waals surface area contributed by atoms with Crippen LogP contribution in [0.15, 0.2) is 4.99 Å². The highest BCUT2D eigenvalue weighted by Crippen LogP contribution is 2.20. The zero-order valence-electron chi connectivity index (χ0n) is 18.2. The lowest BCUT2D eigenvalue weighted by Crippen LogP contribution is -2.54. The van der Waals surface area contributed by atoms with Crippen LogP contribution >= 0.6 is 0 Å². The van der Waals surface area contributed by atoms with Gasteiger partial charge in [-0.2, -0.15) is 0 Å². The minimum absolute atomic E-state index is 0.0116. The molecule has 1 saturated heterocycles.